The molecule has 2 fully saturated rings. The van der Waals surface area contributed by atoms with Gasteiger partial charge in [-0.15, -0.1) is 0 Å². The van der Waals surface area contributed by atoms with E-state index in [1.165, 1.54) is 37.1 Å². The van der Waals surface area contributed by atoms with E-state index in [9.17, 15) is 0 Å². The molecule has 1 aromatic carbocycles. The molecule has 3 rings (SSSR count). The SMILES string of the molecule is CC1CN(C)CCCN1c1ccc(Cl)cc1CNC1CC1. The smallest absolute Gasteiger partial charge is 0.0415 e. The maximum atomic E-state index is 6.22. The molecule has 1 aliphatic carbocycles. The molecule has 0 bridgehead atoms. The molecule has 0 aromatic heterocycles. The van der Waals surface area contributed by atoms with Crippen LogP contribution in [0.3, 0.4) is 0 Å². The molecule has 1 heterocycles. The van der Waals surface area contributed by atoms with Crippen LogP contribution in [0.15, 0.2) is 18.2 Å². The molecule has 21 heavy (non-hydrogen) atoms. The molecule has 4 heteroatoms. The van der Waals surface area contributed by atoms with Crippen LogP contribution in [0, 0.1) is 0 Å². The van der Waals surface area contributed by atoms with Crippen molar-refractivity contribution in [3.8, 4) is 0 Å². The Kier molecular flexibility index (Phi) is 4.72. The molecule has 1 saturated heterocycles. The number of hydrogen-bond acceptors (Lipinski definition) is 3. The maximum absolute atomic E-state index is 6.22. The summed E-state index contributed by atoms with van der Waals surface area (Å²) >= 11 is 6.22. The lowest BCUT2D eigenvalue weighted by molar-refractivity contribution is 0.337. The van der Waals surface area contributed by atoms with Gasteiger partial charge in [0.1, 0.15) is 0 Å². The maximum Gasteiger partial charge on any atom is 0.0415 e. The van der Waals surface area contributed by atoms with Gasteiger partial charge in [-0.25, -0.2) is 0 Å². The van der Waals surface area contributed by atoms with Gasteiger partial charge >= 0.3 is 0 Å². The Bertz CT molecular complexity index is 487. The van der Waals surface area contributed by atoms with E-state index < -0.39 is 0 Å². The number of benzene rings is 1. The van der Waals surface area contributed by atoms with Gasteiger partial charge in [0.15, 0.2) is 0 Å². The molecule has 3 nitrogen and oxygen atoms in total. The summed E-state index contributed by atoms with van der Waals surface area (Å²) in [6, 6.07) is 7.63. The Morgan fingerprint density at radius 1 is 1.29 bits per heavy atom. The molecule has 1 aliphatic heterocycles. The first-order valence-corrected chi connectivity index (χ1v) is 8.48. The monoisotopic (exact) mass is 307 g/mol. The summed E-state index contributed by atoms with van der Waals surface area (Å²) in [5.41, 5.74) is 2.70. The first-order valence-electron chi connectivity index (χ1n) is 8.10. The van der Waals surface area contributed by atoms with Crippen LogP contribution in [0.25, 0.3) is 0 Å². The summed E-state index contributed by atoms with van der Waals surface area (Å²) in [5, 5.41) is 4.46. The summed E-state index contributed by atoms with van der Waals surface area (Å²) in [6.07, 6.45) is 3.86. The van der Waals surface area contributed by atoms with Gasteiger partial charge in [-0.05, 0) is 63.5 Å². The summed E-state index contributed by atoms with van der Waals surface area (Å²) in [7, 11) is 2.22. The van der Waals surface area contributed by atoms with Crippen molar-refractivity contribution in [2.75, 3.05) is 31.6 Å². The van der Waals surface area contributed by atoms with Crippen LogP contribution >= 0.6 is 11.6 Å². The normalized spacial score (nSPS) is 24.1. The Morgan fingerprint density at radius 3 is 2.86 bits per heavy atom. The summed E-state index contributed by atoms with van der Waals surface area (Å²) in [5.74, 6) is 0. The number of anilines is 1. The second-order valence-electron chi connectivity index (χ2n) is 6.59. The first kappa shape index (κ1) is 15.1. The van der Waals surface area contributed by atoms with E-state index in [0.29, 0.717) is 6.04 Å². The fourth-order valence-electron chi connectivity index (χ4n) is 3.25. The molecule has 1 saturated carbocycles. The van der Waals surface area contributed by atoms with E-state index in [4.69, 9.17) is 11.6 Å². The van der Waals surface area contributed by atoms with Crippen LogP contribution in [0.5, 0.6) is 0 Å². The van der Waals surface area contributed by atoms with Crippen LogP contribution in [0.1, 0.15) is 31.7 Å². The third-order valence-electron chi connectivity index (χ3n) is 4.56. The van der Waals surface area contributed by atoms with E-state index in [1.807, 2.05) is 6.07 Å². The lowest BCUT2D eigenvalue weighted by atomic mass is 10.1. The van der Waals surface area contributed by atoms with E-state index >= 15 is 0 Å². The van der Waals surface area contributed by atoms with Gasteiger partial charge in [-0.3, -0.25) is 0 Å². The number of hydrogen-bond donors (Lipinski definition) is 1. The molecule has 0 amide bonds. The summed E-state index contributed by atoms with van der Waals surface area (Å²) in [4.78, 5) is 4.99. The lowest BCUT2D eigenvalue weighted by Gasteiger charge is -2.32. The van der Waals surface area contributed by atoms with Crippen molar-refractivity contribution < 1.29 is 0 Å². The van der Waals surface area contributed by atoms with E-state index in [-0.39, 0.29) is 0 Å². The summed E-state index contributed by atoms with van der Waals surface area (Å²) < 4.78 is 0. The highest BCUT2D eigenvalue weighted by Crippen LogP contribution is 2.28. The highest BCUT2D eigenvalue weighted by atomic mass is 35.5. The predicted octanol–water partition coefficient (Wildman–Crippen LogP) is 3.12. The van der Waals surface area contributed by atoms with E-state index in [0.717, 1.165) is 30.7 Å². The Balaban J connectivity index is 1.81. The minimum Gasteiger partial charge on any atom is -0.367 e. The van der Waals surface area contributed by atoms with E-state index in [2.05, 4.69) is 41.2 Å². The fraction of sp³-hybridized carbons (Fsp3) is 0.647. The minimum atomic E-state index is 0.540. The quantitative estimate of drug-likeness (QED) is 0.922. The third-order valence-corrected chi connectivity index (χ3v) is 4.79. The van der Waals surface area contributed by atoms with E-state index in [1.54, 1.807) is 0 Å². The number of nitrogens with zero attached hydrogens (tertiary/aromatic N) is 2. The van der Waals surface area contributed by atoms with Crippen molar-refractivity contribution in [2.45, 2.75) is 44.8 Å². The zero-order valence-electron chi connectivity index (χ0n) is 13.1. The van der Waals surface area contributed by atoms with Crippen LogP contribution in [0.2, 0.25) is 5.02 Å². The average Bonchev–Trinajstić information content (AvgIpc) is 3.26. The second kappa shape index (κ2) is 6.55. The Labute approximate surface area is 133 Å². The van der Waals surface area contributed by atoms with Crippen molar-refractivity contribution in [1.82, 2.24) is 10.2 Å². The molecule has 1 N–H and O–H groups in total. The molecular formula is C17H26ClN3. The topological polar surface area (TPSA) is 18.5 Å². The van der Waals surface area contributed by atoms with Gasteiger partial charge in [-0.1, -0.05) is 11.6 Å². The number of nitrogens with one attached hydrogen (secondary N) is 1. The third kappa shape index (κ3) is 3.91. The van der Waals surface area contributed by atoms with Crippen LogP contribution in [-0.2, 0) is 6.54 Å². The largest absolute Gasteiger partial charge is 0.367 e. The predicted molar refractivity (Wildman–Crippen MR) is 90.2 cm³/mol. The van der Waals surface area contributed by atoms with Crippen molar-refractivity contribution in [3.63, 3.8) is 0 Å². The Hall–Kier alpha value is -0.770. The highest BCUT2D eigenvalue weighted by molar-refractivity contribution is 6.30. The van der Waals surface area contributed by atoms with Crippen LogP contribution in [-0.4, -0.2) is 43.7 Å². The Morgan fingerprint density at radius 2 is 2.10 bits per heavy atom. The molecule has 1 atom stereocenters. The fourth-order valence-corrected chi connectivity index (χ4v) is 3.44. The highest BCUT2D eigenvalue weighted by Gasteiger charge is 2.24. The van der Waals surface area contributed by atoms with Crippen LogP contribution in [0.4, 0.5) is 5.69 Å². The molecule has 1 unspecified atom stereocenters. The molecule has 0 radical (unpaired) electrons. The standard InChI is InChI=1S/C17H26ClN3/c1-13-12-20(2)8-3-9-21(13)17-7-4-15(18)10-14(17)11-19-16-5-6-16/h4,7,10,13,16,19H,3,5-6,8-9,11-12H2,1-2H3. The van der Waals surface area contributed by atoms with Gasteiger partial charge in [0.2, 0.25) is 0 Å². The van der Waals surface area contributed by atoms with Crippen molar-refractivity contribution in [1.29, 1.82) is 0 Å². The van der Waals surface area contributed by atoms with Gasteiger partial charge < -0.3 is 15.1 Å². The van der Waals surface area contributed by atoms with Crippen LogP contribution < -0.4 is 10.2 Å². The number of likely N-dealkylation sites (N-methyl/N-ethyl adjacent to an activating group) is 1. The van der Waals surface area contributed by atoms with Gasteiger partial charge in [-0.2, -0.15) is 0 Å². The molecule has 116 valence electrons. The molecule has 0 spiro atoms. The lowest BCUT2D eigenvalue weighted by Crippen LogP contribution is -2.38. The van der Waals surface area contributed by atoms with Gasteiger partial charge in [0.05, 0.1) is 0 Å². The minimum absolute atomic E-state index is 0.540. The summed E-state index contributed by atoms with van der Waals surface area (Å²) in [6.45, 7) is 6.69. The molecular weight excluding hydrogens is 282 g/mol. The molecule has 2 aliphatic rings. The van der Waals surface area contributed by atoms with Crippen molar-refractivity contribution in [3.05, 3.63) is 28.8 Å². The van der Waals surface area contributed by atoms with Gasteiger partial charge in [0, 0.05) is 42.4 Å². The average molecular weight is 308 g/mol. The first-order chi connectivity index (χ1) is 10.1. The number of halogens is 1. The van der Waals surface area contributed by atoms with Gasteiger partial charge in [0.25, 0.3) is 0 Å². The van der Waals surface area contributed by atoms with Crippen molar-refractivity contribution >= 4 is 17.3 Å². The molecule has 1 aromatic rings. The second-order valence-corrected chi connectivity index (χ2v) is 7.02. The van der Waals surface area contributed by atoms with Crippen molar-refractivity contribution in [2.24, 2.45) is 0 Å². The zero-order valence-corrected chi connectivity index (χ0v) is 13.9. The number of rotatable bonds is 4. The zero-order chi connectivity index (χ0) is 14.8.